The number of benzene rings is 1. The molecule has 3 rings (SSSR count). The first kappa shape index (κ1) is 13.1. The zero-order valence-corrected chi connectivity index (χ0v) is 12.1. The minimum absolute atomic E-state index is 0.757. The highest BCUT2D eigenvalue weighted by Crippen LogP contribution is 2.33. The van der Waals surface area contributed by atoms with Gasteiger partial charge in [0.1, 0.15) is 0 Å². The standard InChI is InChI=1S/C17H26N2/c1-19(16-7-3-4-8-16)11-10-18-13-15-12-14-6-2-5-9-17(14)15/h2,5-6,9,15-16,18H,3-4,7-8,10-13H2,1H3. The third-order valence-electron chi connectivity index (χ3n) is 4.94. The van der Waals surface area contributed by atoms with Crippen LogP contribution < -0.4 is 5.32 Å². The Morgan fingerprint density at radius 3 is 2.79 bits per heavy atom. The Hall–Kier alpha value is -0.860. The minimum Gasteiger partial charge on any atom is -0.315 e. The van der Waals surface area contributed by atoms with Crippen molar-refractivity contribution in [2.75, 3.05) is 26.7 Å². The van der Waals surface area contributed by atoms with Gasteiger partial charge in [0, 0.05) is 31.6 Å². The van der Waals surface area contributed by atoms with Crippen molar-refractivity contribution in [1.29, 1.82) is 0 Å². The van der Waals surface area contributed by atoms with E-state index in [9.17, 15) is 0 Å². The van der Waals surface area contributed by atoms with Crippen LogP contribution in [-0.4, -0.2) is 37.6 Å². The highest BCUT2D eigenvalue weighted by molar-refractivity contribution is 5.40. The number of likely N-dealkylation sites (N-methyl/N-ethyl adjacent to an activating group) is 1. The maximum atomic E-state index is 3.64. The van der Waals surface area contributed by atoms with Crippen molar-refractivity contribution < 1.29 is 0 Å². The zero-order valence-electron chi connectivity index (χ0n) is 12.1. The number of rotatable bonds is 6. The highest BCUT2D eigenvalue weighted by atomic mass is 15.1. The van der Waals surface area contributed by atoms with E-state index < -0.39 is 0 Å². The quantitative estimate of drug-likeness (QED) is 0.789. The van der Waals surface area contributed by atoms with Crippen LogP contribution in [0, 0.1) is 0 Å². The van der Waals surface area contributed by atoms with Crippen LogP contribution >= 0.6 is 0 Å². The molecule has 0 amide bonds. The van der Waals surface area contributed by atoms with Crippen LogP contribution in [0.5, 0.6) is 0 Å². The van der Waals surface area contributed by atoms with Crippen molar-refractivity contribution in [3.63, 3.8) is 0 Å². The van der Waals surface area contributed by atoms with Gasteiger partial charge in [-0.2, -0.15) is 0 Å². The number of fused-ring (bicyclic) bond motifs is 1. The molecule has 1 N–H and O–H groups in total. The second-order valence-corrected chi connectivity index (χ2v) is 6.22. The molecule has 104 valence electrons. The summed E-state index contributed by atoms with van der Waals surface area (Å²) >= 11 is 0. The summed E-state index contributed by atoms with van der Waals surface area (Å²) in [6.45, 7) is 3.47. The maximum absolute atomic E-state index is 3.64. The Labute approximate surface area is 117 Å². The molecule has 1 aromatic rings. The van der Waals surface area contributed by atoms with Gasteiger partial charge in [0.25, 0.3) is 0 Å². The molecular weight excluding hydrogens is 232 g/mol. The van der Waals surface area contributed by atoms with Gasteiger partial charge in [-0.3, -0.25) is 0 Å². The van der Waals surface area contributed by atoms with Crippen LogP contribution in [-0.2, 0) is 6.42 Å². The first-order valence-corrected chi connectivity index (χ1v) is 7.83. The fourth-order valence-corrected chi connectivity index (χ4v) is 3.60. The lowest BCUT2D eigenvalue weighted by molar-refractivity contribution is 0.245. The van der Waals surface area contributed by atoms with E-state index >= 15 is 0 Å². The molecule has 0 spiro atoms. The van der Waals surface area contributed by atoms with Gasteiger partial charge in [-0.15, -0.1) is 0 Å². The van der Waals surface area contributed by atoms with Gasteiger partial charge < -0.3 is 10.2 Å². The minimum atomic E-state index is 0.757. The second-order valence-electron chi connectivity index (χ2n) is 6.22. The van der Waals surface area contributed by atoms with Gasteiger partial charge >= 0.3 is 0 Å². The van der Waals surface area contributed by atoms with Crippen molar-refractivity contribution in [2.24, 2.45) is 0 Å². The van der Waals surface area contributed by atoms with Crippen LogP contribution in [0.4, 0.5) is 0 Å². The fraction of sp³-hybridized carbons (Fsp3) is 0.647. The number of nitrogens with one attached hydrogen (secondary N) is 1. The molecule has 1 aromatic carbocycles. The summed E-state index contributed by atoms with van der Waals surface area (Å²) in [5.74, 6) is 0.757. The predicted molar refractivity (Wildman–Crippen MR) is 80.6 cm³/mol. The molecule has 0 bridgehead atoms. The molecule has 1 fully saturated rings. The summed E-state index contributed by atoms with van der Waals surface area (Å²) in [4.78, 5) is 2.55. The molecule has 2 nitrogen and oxygen atoms in total. The summed E-state index contributed by atoms with van der Waals surface area (Å²) in [7, 11) is 2.29. The van der Waals surface area contributed by atoms with Gasteiger partial charge in [-0.25, -0.2) is 0 Å². The Morgan fingerprint density at radius 1 is 1.21 bits per heavy atom. The third-order valence-corrected chi connectivity index (χ3v) is 4.94. The van der Waals surface area contributed by atoms with Crippen molar-refractivity contribution in [3.05, 3.63) is 35.4 Å². The zero-order chi connectivity index (χ0) is 13.1. The summed E-state index contributed by atoms with van der Waals surface area (Å²) < 4.78 is 0. The highest BCUT2D eigenvalue weighted by Gasteiger charge is 2.24. The van der Waals surface area contributed by atoms with E-state index in [4.69, 9.17) is 0 Å². The van der Waals surface area contributed by atoms with E-state index in [1.54, 1.807) is 11.1 Å². The average Bonchev–Trinajstić information content (AvgIpc) is 2.93. The van der Waals surface area contributed by atoms with E-state index in [0.29, 0.717) is 0 Å². The number of nitrogens with zero attached hydrogens (tertiary/aromatic N) is 1. The summed E-state index contributed by atoms with van der Waals surface area (Å²) in [5, 5.41) is 3.64. The van der Waals surface area contributed by atoms with Gasteiger partial charge in [-0.1, -0.05) is 37.1 Å². The number of hydrogen-bond acceptors (Lipinski definition) is 2. The molecule has 0 aliphatic heterocycles. The molecule has 0 saturated heterocycles. The maximum Gasteiger partial charge on any atom is 0.0107 e. The second kappa shape index (κ2) is 6.06. The third kappa shape index (κ3) is 3.01. The fourth-order valence-electron chi connectivity index (χ4n) is 3.60. The Kier molecular flexibility index (Phi) is 4.19. The van der Waals surface area contributed by atoms with Crippen molar-refractivity contribution >= 4 is 0 Å². The van der Waals surface area contributed by atoms with E-state index in [1.165, 1.54) is 38.6 Å². The van der Waals surface area contributed by atoms with Crippen molar-refractivity contribution in [1.82, 2.24) is 10.2 Å². The largest absolute Gasteiger partial charge is 0.315 e. The lowest BCUT2D eigenvalue weighted by atomic mass is 9.78. The molecule has 19 heavy (non-hydrogen) atoms. The molecule has 2 aliphatic carbocycles. The molecule has 0 aromatic heterocycles. The first-order valence-electron chi connectivity index (χ1n) is 7.83. The van der Waals surface area contributed by atoms with Crippen LogP contribution in [0.2, 0.25) is 0 Å². The molecule has 2 aliphatic rings. The molecule has 0 heterocycles. The molecular formula is C17H26N2. The Morgan fingerprint density at radius 2 is 2.00 bits per heavy atom. The van der Waals surface area contributed by atoms with Crippen LogP contribution in [0.1, 0.15) is 42.7 Å². The number of hydrogen-bond donors (Lipinski definition) is 1. The molecule has 0 radical (unpaired) electrons. The summed E-state index contributed by atoms with van der Waals surface area (Å²) in [6, 6.07) is 9.72. The van der Waals surface area contributed by atoms with E-state index in [2.05, 4.69) is 41.5 Å². The lowest BCUT2D eigenvalue weighted by Gasteiger charge is -2.31. The Bertz CT molecular complexity index is 409. The van der Waals surface area contributed by atoms with Crippen molar-refractivity contribution in [3.8, 4) is 0 Å². The lowest BCUT2D eigenvalue weighted by Crippen LogP contribution is -2.37. The first-order chi connectivity index (χ1) is 9.34. The van der Waals surface area contributed by atoms with E-state index in [0.717, 1.165) is 25.0 Å². The molecule has 2 heteroatoms. The molecule has 1 unspecified atom stereocenters. The average molecular weight is 258 g/mol. The normalized spacial score (nSPS) is 22.5. The monoisotopic (exact) mass is 258 g/mol. The van der Waals surface area contributed by atoms with Crippen LogP contribution in [0.25, 0.3) is 0 Å². The molecule has 1 saturated carbocycles. The summed E-state index contributed by atoms with van der Waals surface area (Å²) in [6.07, 6.45) is 6.95. The van der Waals surface area contributed by atoms with E-state index in [1.807, 2.05) is 0 Å². The van der Waals surface area contributed by atoms with Gasteiger partial charge in [-0.05, 0) is 37.4 Å². The van der Waals surface area contributed by atoms with Crippen LogP contribution in [0.3, 0.4) is 0 Å². The topological polar surface area (TPSA) is 15.3 Å². The summed E-state index contributed by atoms with van der Waals surface area (Å²) in [5.41, 5.74) is 3.12. The predicted octanol–water partition coefficient (Wildman–Crippen LogP) is 2.79. The smallest absolute Gasteiger partial charge is 0.0107 e. The molecule has 1 atom stereocenters. The van der Waals surface area contributed by atoms with Crippen molar-refractivity contribution in [2.45, 2.75) is 44.1 Å². The Balaban J connectivity index is 1.34. The SMILES string of the molecule is CN(CCNCC1Cc2ccccc21)C1CCCC1. The van der Waals surface area contributed by atoms with E-state index in [-0.39, 0.29) is 0 Å². The van der Waals surface area contributed by atoms with Gasteiger partial charge in [0.2, 0.25) is 0 Å². The van der Waals surface area contributed by atoms with Gasteiger partial charge in [0.15, 0.2) is 0 Å². The van der Waals surface area contributed by atoms with Crippen LogP contribution in [0.15, 0.2) is 24.3 Å². The van der Waals surface area contributed by atoms with Gasteiger partial charge in [0.05, 0.1) is 0 Å².